The van der Waals surface area contributed by atoms with E-state index < -0.39 is 0 Å². The average molecular weight is 200 g/mol. The molecular weight excluding hydrogens is 180 g/mol. The number of carbonyl (C=O) groups excluding carboxylic acids is 1. The first-order chi connectivity index (χ1) is 6.79. The van der Waals surface area contributed by atoms with Crippen LogP contribution in [-0.4, -0.2) is 49.7 Å². The van der Waals surface area contributed by atoms with Gasteiger partial charge in [-0.25, -0.2) is 0 Å². The summed E-state index contributed by atoms with van der Waals surface area (Å²) < 4.78 is 5.42. The third-order valence-corrected chi connectivity index (χ3v) is 2.39. The summed E-state index contributed by atoms with van der Waals surface area (Å²) in [7, 11) is 0. The van der Waals surface area contributed by atoms with E-state index in [2.05, 4.69) is 12.2 Å². The molecule has 0 spiro atoms. The number of hydrogen-bond acceptors (Lipinski definition) is 3. The van der Waals surface area contributed by atoms with Crippen molar-refractivity contribution in [3.63, 3.8) is 0 Å². The van der Waals surface area contributed by atoms with Crippen LogP contribution in [0.1, 0.15) is 20.3 Å². The van der Waals surface area contributed by atoms with Crippen molar-refractivity contribution in [2.24, 2.45) is 0 Å². The number of carbonyl (C=O) groups is 1. The van der Waals surface area contributed by atoms with Crippen LogP contribution in [0.5, 0.6) is 0 Å². The lowest BCUT2D eigenvalue weighted by atomic mass is 10.2. The van der Waals surface area contributed by atoms with Crippen LogP contribution in [0.4, 0.5) is 0 Å². The van der Waals surface area contributed by atoms with Crippen LogP contribution in [0, 0.1) is 0 Å². The largest absolute Gasteiger partial charge is 0.366 e. The molecule has 1 rings (SSSR count). The molecule has 1 atom stereocenters. The SMILES string of the molecule is CCCN(CC)C(=O)[C@H]1CNCCO1. The molecule has 0 unspecified atom stereocenters. The highest BCUT2D eigenvalue weighted by molar-refractivity contribution is 5.81. The lowest BCUT2D eigenvalue weighted by Crippen LogP contribution is -2.49. The third kappa shape index (κ3) is 2.96. The van der Waals surface area contributed by atoms with E-state index >= 15 is 0 Å². The zero-order valence-electron chi connectivity index (χ0n) is 9.08. The fourth-order valence-electron chi connectivity index (χ4n) is 1.62. The number of nitrogens with one attached hydrogen (secondary N) is 1. The Morgan fingerprint density at radius 1 is 1.57 bits per heavy atom. The first-order valence-electron chi connectivity index (χ1n) is 5.40. The molecule has 1 saturated heterocycles. The van der Waals surface area contributed by atoms with Crippen LogP contribution in [0.25, 0.3) is 0 Å². The average Bonchev–Trinajstić information content (AvgIpc) is 2.26. The van der Waals surface area contributed by atoms with Gasteiger partial charge in [0.15, 0.2) is 0 Å². The van der Waals surface area contributed by atoms with Crippen molar-refractivity contribution in [2.75, 3.05) is 32.8 Å². The van der Waals surface area contributed by atoms with Gasteiger partial charge in [-0.1, -0.05) is 6.92 Å². The van der Waals surface area contributed by atoms with Gasteiger partial charge in [0.1, 0.15) is 6.10 Å². The lowest BCUT2D eigenvalue weighted by Gasteiger charge is -2.28. The van der Waals surface area contributed by atoms with Crippen LogP contribution >= 0.6 is 0 Å². The highest BCUT2D eigenvalue weighted by Crippen LogP contribution is 2.03. The van der Waals surface area contributed by atoms with Crippen molar-refractivity contribution in [1.82, 2.24) is 10.2 Å². The van der Waals surface area contributed by atoms with Gasteiger partial charge in [-0.15, -0.1) is 0 Å². The van der Waals surface area contributed by atoms with E-state index in [1.165, 1.54) is 0 Å². The van der Waals surface area contributed by atoms with Crippen LogP contribution in [-0.2, 0) is 9.53 Å². The molecule has 4 heteroatoms. The maximum Gasteiger partial charge on any atom is 0.253 e. The van der Waals surface area contributed by atoms with Crippen molar-refractivity contribution in [1.29, 1.82) is 0 Å². The third-order valence-electron chi connectivity index (χ3n) is 2.39. The van der Waals surface area contributed by atoms with Gasteiger partial charge in [0.2, 0.25) is 0 Å². The highest BCUT2D eigenvalue weighted by Gasteiger charge is 2.25. The van der Waals surface area contributed by atoms with E-state index in [1.54, 1.807) is 0 Å². The summed E-state index contributed by atoms with van der Waals surface area (Å²) in [6.45, 7) is 7.82. The summed E-state index contributed by atoms with van der Waals surface area (Å²) in [6, 6.07) is 0. The Bertz CT molecular complexity index is 172. The second-order valence-corrected chi connectivity index (χ2v) is 3.48. The van der Waals surface area contributed by atoms with Crippen LogP contribution in [0.3, 0.4) is 0 Å². The molecular formula is C10H20N2O2. The standard InChI is InChI=1S/C10H20N2O2/c1-3-6-12(4-2)10(13)9-8-11-5-7-14-9/h9,11H,3-8H2,1-2H3/t9-/m1/s1. The van der Waals surface area contributed by atoms with Crippen molar-refractivity contribution in [3.8, 4) is 0 Å². The van der Waals surface area contributed by atoms with Gasteiger partial charge in [-0.05, 0) is 13.3 Å². The molecule has 4 nitrogen and oxygen atoms in total. The maximum atomic E-state index is 11.9. The minimum Gasteiger partial charge on any atom is -0.366 e. The number of likely N-dealkylation sites (N-methyl/N-ethyl adjacent to an activating group) is 1. The lowest BCUT2D eigenvalue weighted by molar-refractivity contribution is -0.145. The molecule has 0 radical (unpaired) electrons. The predicted molar refractivity (Wildman–Crippen MR) is 55.2 cm³/mol. The molecule has 14 heavy (non-hydrogen) atoms. The predicted octanol–water partition coefficient (Wildman–Crippen LogP) is 0.233. The minimum atomic E-state index is -0.268. The molecule has 0 aliphatic carbocycles. The van der Waals surface area contributed by atoms with Crippen LogP contribution < -0.4 is 5.32 Å². The van der Waals surface area contributed by atoms with Gasteiger partial charge in [-0.3, -0.25) is 4.79 Å². The topological polar surface area (TPSA) is 41.6 Å². The van der Waals surface area contributed by atoms with Gasteiger partial charge < -0.3 is 15.0 Å². The normalized spacial score (nSPS) is 22.0. The van der Waals surface area contributed by atoms with E-state index in [0.717, 1.165) is 26.1 Å². The Morgan fingerprint density at radius 3 is 2.86 bits per heavy atom. The molecule has 0 aromatic carbocycles. The first kappa shape index (κ1) is 11.5. The van der Waals surface area contributed by atoms with Gasteiger partial charge in [0.05, 0.1) is 6.61 Å². The zero-order chi connectivity index (χ0) is 10.4. The fourth-order valence-corrected chi connectivity index (χ4v) is 1.62. The van der Waals surface area contributed by atoms with Crippen LogP contribution in [0.2, 0.25) is 0 Å². The number of nitrogens with zero attached hydrogens (tertiary/aromatic N) is 1. The smallest absolute Gasteiger partial charge is 0.253 e. The molecule has 0 aromatic rings. The summed E-state index contributed by atoms with van der Waals surface area (Å²) >= 11 is 0. The molecule has 1 N–H and O–H groups in total. The van der Waals surface area contributed by atoms with E-state index in [1.807, 2.05) is 11.8 Å². The summed E-state index contributed by atoms with van der Waals surface area (Å²) in [4.78, 5) is 13.7. The molecule has 1 fully saturated rings. The van der Waals surface area contributed by atoms with Crippen molar-refractivity contribution in [3.05, 3.63) is 0 Å². The molecule has 0 bridgehead atoms. The van der Waals surface area contributed by atoms with Gasteiger partial charge in [0.25, 0.3) is 5.91 Å². The number of amides is 1. The summed E-state index contributed by atoms with van der Waals surface area (Å²) in [5.74, 6) is 0.126. The number of ether oxygens (including phenoxy) is 1. The Kier molecular flexibility index (Phi) is 4.90. The van der Waals surface area contributed by atoms with E-state index in [4.69, 9.17) is 4.74 Å². The first-order valence-corrected chi connectivity index (χ1v) is 5.40. The number of hydrogen-bond donors (Lipinski definition) is 1. The monoisotopic (exact) mass is 200 g/mol. The molecule has 1 aliphatic heterocycles. The molecule has 1 amide bonds. The molecule has 1 heterocycles. The van der Waals surface area contributed by atoms with E-state index in [-0.39, 0.29) is 12.0 Å². The second-order valence-electron chi connectivity index (χ2n) is 3.48. The highest BCUT2D eigenvalue weighted by atomic mass is 16.5. The van der Waals surface area contributed by atoms with Crippen molar-refractivity contribution in [2.45, 2.75) is 26.4 Å². The number of morpholine rings is 1. The van der Waals surface area contributed by atoms with Gasteiger partial charge >= 0.3 is 0 Å². The Morgan fingerprint density at radius 2 is 2.36 bits per heavy atom. The minimum absolute atomic E-state index is 0.126. The van der Waals surface area contributed by atoms with Gasteiger partial charge in [0, 0.05) is 26.2 Å². The summed E-state index contributed by atoms with van der Waals surface area (Å²) in [5, 5.41) is 3.16. The molecule has 1 aliphatic rings. The molecule has 82 valence electrons. The zero-order valence-corrected chi connectivity index (χ0v) is 9.08. The Balaban J connectivity index is 2.43. The Hall–Kier alpha value is -0.610. The van der Waals surface area contributed by atoms with E-state index in [0.29, 0.717) is 13.2 Å². The van der Waals surface area contributed by atoms with Crippen molar-refractivity contribution < 1.29 is 9.53 Å². The maximum absolute atomic E-state index is 11.9. The quantitative estimate of drug-likeness (QED) is 0.706. The summed E-state index contributed by atoms with van der Waals surface area (Å²) in [5.41, 5.74) is 0. The number of rotatable bonds is 4. The second kappa shape index (κ2) is 5.98. The molecule has 0 aromatic heterocycles. The van der Waals surface area contributed by atoms with E-state index in [9.17, 15) is 4.79 Å². The van der Waals surface area contributed by atoms with Gasteiger partial charge in [-0.2, -0.15) is 0 Å². The Labute approximate surface area is 85.6 Å². The summed E-state index contributed by atoms with van der Waals surface area (Å²) in [6.07, 6.45) is 0.731. The molecule has 0 saturated carbocycles. The fraction of sp³-hybridized carbons (Fsp3) is 0.900. The van der Waals surface area contributed by atoms with Crippen molar-refractivity contribution >= 4 is 5.91 Å². The van der Waals surface area contributed by atoms with Crippen LogP contribution in [0.15, 0.2) is 0 Å².